The Balaban J connectivity index is 1.22. The Morgan fingerprint density at radius 3 is 1.63 bits per heavy atom. The van der Waals surface area contributed by atoms with Crippen LogP contribution < -0.4 is 4.90 Å². The Morgan fingerprint density at radius 1 is 0.403 bits per heavy atom. The summed E-state index contributed by atoms with van der Waals surface area (Å²) >= 11 is 0. The lowest BCUT2D eigenvalue weighted by atomic mass is 9.68. The van der Waals surface area contributed by atoms with E-state index in [1.54, 1.807) is 0 Å². The lowest BCUT2D eigenvalue weighted by Crippen LogP contribution is -2.27. The van der Waals surface area contributed by atoms with Gasteiger partial charge in [-0.15, -0.1) is 0 Å². The van der Waals surface area contributed by atoms with Gasteiger partial charge in [0.2, 0.25) is 0 Å². The molecule has 0 saturated heterocycles. The summed E-state index contributed by atoms with van der Waals surface area (Å²) in [5.74, 6) is 0. The maximum Gasteiger partial charge on any atom is 0.137 e. The summed E-state index contributed by atoms with van der Waals surface area (Å²) in [6.45, 7) is 18.9. The summed E-state index contributed by atoms with van der Waals surface area (Å²) < 4.78 is 6.66. The molecular weight excluding hydrogens is 751 g/mol. The standard InChI is InChI=1S/C60H51NO/c1-57(2,3)36-25-28-46-51(31-36)60(48-22-14-10-18-41(48)42-19-11-15-23-49(42)60)52-32-37(58(4,5)6)33-53(56(46)52)61(39-27-30-45-44-20-12-16-24-54(44)62-55(45)35-39)38-26-29-43-40-17-9-13-21-47(40)59(7,8)50(43)34-38/h9-35H,1-8H3. The molecule has 1 aromatic heterocycles. The molecule has 0 amide bonds. The van der Waals surface area contributed by atoms with Crippen molar-refractivity contribution in [3.8, 4) is 33.4 Å². The zero-order chi connectivity index (χ0) is 42.5. The van der Waals surface area contributed by atoms with Crippen LogP contribution in [0.1, 0.15) is 99.9 Å². The molecule has 8 aromatic carbocycles. The van der Waals surface area contributed by atoms with Gasteiger partial charge >= 0.3 is 0 Å². The van der Waals surface area contributed by atoms with Crippen molar-refractivity contribution in [3.63, 3.8) is 0 Å². The van der Waals surface area contributed by atoms with Gasteiger partial charge in [-0.05, 0) is 120 Å². The molecule has 3 aliphatic carbocycles. The molecule has 0 unspecified atom stereocenters. The Labute approximate surface area is 365 Å². The van der Waals surface area contributed by atoms with E-state index in [4.69, 9.17) is 4.42 Å². The van der Waals surface area contributed by atoms with Crippen molar-refractivity contribution >= 4 is 39.0 Å². The average Bonchev–Trinajstić information content (AvgIpc) is 3.95. The minimum Gasteiger partial charge on any atom is -0.456 e. The number of hydrogen-bond acceptors (Lipinski definition) is 2. The highest BCUT2D eigenvalue weighted by molar-refractivity contribution is 6.07. The van der Waals surface area contributed by atoms with Gasteiger partial charge in [0.05, 0.1) is 11.1 Å². The lowest BCUT2D eigenvalue weighted by molar-refractivity contribution is 0.586. The van der Waals surface area contributed by atoms with Gasteiger partial charge in [0, 0.05) is 39.2 Å². The number of rotatable bonds is 3. The number of para-hydroxylation sites is 1. The van der Waals surface area contributed by atoms with Crippen molar-refractivity contribution in [2.75, 3.05) is 4.90 Å². The van der Waals surface area contributed by atoms with E-state index in [0.29, 0.717) is 0 Å². The first-order chi connectivity index (χ1) is 29.8. The molecule has 9 aromatic rings. The van der Waals surface area contributed by atoms with Crippen LogP contribution in [0.15, 0.2) is 168 Å². The largest absolute Gasteiger partial charge is 0.456 e. The Morgan fingerprint density at radius 2 is 0.935 bits per heavy atom. The second kappa shape index (κ2) is 12.5. The van der Waals surface area contributed by atoms with Crippen molar-refractivity contribution in [2.24, 2.45) is 0 Å². The van der Waals surface area contributed by atoms with Crippen molar-refractivity contribution in [1.29, 1.82) is 0 Å². The third-order valence-electron chi connectivity index (χ3n) is 14.6. The first kappa shape index (κ1) is 37.1. The molecule has 12 rings (SSSR count). The maximum absolute atomic E-state index is 6.66. The fraction of sp³-hybridized carbons (Fsp3) is 0.200. The summed E-state index contributed by atoms with van der Waals surface area (Å²) in [5, 5.41) is 2.26. The number of nitrogens with zero attached hydrogens (tertiary/aromatic N) is 1. The normalized spacial score (nSPS) is 15.0. The van der Waals surface area contributed by atoms with Gasteiger partial charge < -0.3 is 9.32 Å². The van der Waals surface area contributed by atoms with Crippen LogP contribution in [0.3, 0.4) is 0 Å². The SMILES string of the molecule is CC(C)(C)c1ccc2c(c1)C1(c3ccccc3-c3ccccc31)c1cc(C(C)(C)C)cc(N(c3ccc4c(c3)C(C)(C)c3ccccc3-4)c3ccc4c(c3)oc3ccccc34)c1-2. The van der Waals surface area contributed by atoms with E-state index in [2.05, 4.69) is 224 Å². The van der Waals surface area contributed by atoms with Crippen LogP contribution in [0.2, 0.25) is 0 Å². The smallest absolute Gasteiger partial charge is 0.137 e. The predicted octanol–water partition coefficient (Wildman–Crippen LogP) is 16.3. The van der Waals surface area contributed by atoms with Gasteiger partial charge in [-0.25, -0.2) is 0 Å². The minimum absolute atomic E-state index is 0.0368. The summed E-state index contributed by atoms with van der Waals surface area (Å²) in [5.41, 5.74) is 23.0. The van der Waals surface area contributed by atoms with Crippen LogP contribution in [0, 0.1) is 0 Å². The maximum atomic E-state index is 6.66. The summed E-state index contributed by atoms with van der Waals surface area (Å²) in [6.07, 6.45) is 0. The molecule has 0 fully saturated rings. The number of fused-ring (bicyclic) bond motifs is 16. The summed E-state index contributed by atoms with van der Waals surface area (Å²) in [4.78, 5) is 2.55. The molecule has 302 valence electrons. The molecule has 62 heavy (non-hydrogen) atoms. The molecule has 0 N–H and O–H groups in total. The molecular formula is C60H51NO. The fourth-order valence-electron chi connectivity index (χ4n) is 11.4. The zero-order valence-corrected chi connectivity index (χ0v) is 36.9. The number of furan rings is 1. The topological polar surface area (TPSA) is 16.4 Å². The monoisotopic (exact) mass is 801 g/mol. The molecule has 0 saturated carbocycles. The van der Waals surface area contributed by atoms with E-state index in [1.165, 1.54) is 83.6 Å². The first-order valence-electron chi connectivity index (χ1n) is 22.3. The quantitative estimate of drug-likeness (QED) is 0.177. The predicted molar refractivity (Wildman–Crippen MR) is 260 cm³/mol. The van der Waals surface area contributed by atoms with E-state index < -0.39 is 5.41 Å². The third-order valence-corrected chi connectivity index (χ3v) is 14.6. The van der Waals surface area contributed by atoms with E-state index in [0.717, 1.165) is 33.3 Å². The second-order valence-corrected chi connectivity index (χ2v) is 20.5. The molecule has 0 atom stereocenters. The summed E-state index contributed by atoms with van der Waals surface area (Å²) in [6, 6.07) is 62.2. The van der Waals surface area contributed by atoms with E-state index in [1.807, 2.05) is 0 Å². The zero-order valence-electron chi connectivity index (χ0n) is 36.9. The second-order valence-electron chi connectivity index (χ2n) is 20.5. The van der Waals surface area contributed by atoms with E-state index in [-0.39, 0.29) is 16.2 Å². The molecule has 1 spiro atoms. The molecule has 0 aliphatic heterocycles. The van der Waals surface area contributed by atoms with Gasteiger partial charge in [-0.3, -0.25) is 0 Å². The highest BCUT2D eigenvalue weighted by atomic mass is 16.3. The van der Waals surface area contributed by atoms with Crippen molar-refractivity contribution in [3.05, 3.63) is 208 Å². The van der Waals surface area contributed by atoms with Crippen LogP contribution in [0.5, 0.6) is 0 Å². The number of benzene rings is 8. The van der Waals surface area contributed by atoms with Gasteiger partial charge in [-0.2, -0.15) is 0 Å². The van der Waals surface area contributed by atoms with Crippen LogP contribution in [0.25, 0.3) is 55.3 Å². The van der Waals surface area contributed by atoms with Crippen LogP contribution in [0.4, 0.5) is 17.1 Å². The third kappa shape index (κ3) is 4.92. The highest BCUT2D eigenvalue weighted by Gasteiger charge is 2.53. The van der Waals surface area contributed by atoms with Crippen LogP contribution in [-0.4, -0.2) is 0 Å². The number of hydrogen-bond donors (Lipinski definition) is 0. The van der Waals surface area contributed by atoms with E-state index in [9.17, 15) is 0 Å². The molecule has 2 nitrogen and oxygen atoms in total. The van der Waals surface area contributed by atoms with E-state index >= 15 is 0 Å². The van der Waals surface area contributed by atoms with Crippen LogP contribution >= 0.6 is 0 Å². The molecule has 3 aliphatic rings. The minimum atomic E-state index is -0.509. The average molecular weight is 802 g/mol. The van der Waals surface area contributed by atoms with Crippen LogP contribution in [-0.2, 0) is 21.7 Å². The highest BCUT2D eigenvalue weighted by Crippen LogP contribution is 2.66. The van der Waals surface area contributed by atoms with Crippen molar-refractivity contribution in [2.45, 2.75) is 77.0 Å². The van der Waals surface area contributed by atoms with Gasteiger partial charge in [0.15, 0.2) is 0 Å². The molecule has 0 radical (unpaired) electrons. The van der Waals surface area contributed by atoms with Crippen molar-refractivity contribution < 1.29 is 4.42 Å². The van der Waals surface area contributed by atoms with Crippen molar-refractivity contribution in [1.82, 2.24) is 0 Å². The Hall–Kier alpha value is -6.64. The number of anilines is 3. The molecule has 0 bridgehead atoms. The lowest BCUT2D eigenvalue weighted by Gasteiger charge is -2.34. The fourth-order valence-corrected chi connectivity index (χ4v) is 11.4. The molecule has 1 heterocycles. The van der Waals surface area contributed by atoms with Gasteiger partial charge in [0.1, 0.15) is 11.2 Å². The summed E-state index contributed by atoms with van der Waals surface area (Å²) in [7, 11) is 0. The van der Waals surface area contributed by atoms with Gasteiger partial charge in [0.25, 0.3) is 0 Å². The Kier molecular flexibility index (Phi) is 7.48. The first-order valence-corrected chi connectivity index (χ1v) is 22.3. The Bertz CT molecular complexity index is 3310. The molecule has 2 heteroatoms. The van der Waals surface area contributed by atoms with Gasteiger partial charge in [-0.1, -0.05) is 177 Å².